The van der Waals surface area contributed by atoms with Crippen molar-refractivity contribution in [3.05, 3.63) is 99.5 Å². The van der Waals surface area contributed by atoms with Crippen LogP contribution < -0.4 is 4.90 Å². The zero-order chi connectivity index (χ0) is 23.4. The Kier molecular flexibility index (Phi) is 7.34. The zero-order valence-electron chi connectivity index (χ0n) is 17.7. The molecule has 0 aromatic heterocycles. The van der Waals surface area contributed by atoms with E-state index in [1.54, 1.807) is 60.7 Å². The lowest BCUT2D eigenvalue weighted by Gasteiger charge is -2.35. The van der Waals surface area contributed by atoms with Gasteiger partial charge in [-0.25, -0.2) is 8.42 Å². The third-order valence-corrected chi connectivity index (χ3v) is 8.20. The predicted octanol–water partition coefficient (Wildman–Crippen LogP) is 5.51. The molecule has 3 aromatic rings. The molecule has 8 heteroatoms. The normalized spacial score (nSPS) is 15.2. The molecule has 1 fully saturated rings. The molecule has 0 radical (unpaired) electrons. The van der Waals surface area contributed by atoms with Gasteiger partial charge in [0.15, 0.2) is 5.78 Å². The number of hydrogen-bond donors (Lipinski definition) is 0. The van der Waals surface area contributed by atoms with Gasteiger partial charge in [0.1, 0.15) is 0 Å². The number of hydrogen-bond acceptors (Lipinski definition) is 4. The van der Waals surface area contributed by atoms with Crippen molar-refractivity contribution in [1.82, 2.24) is 4.31 Å². The molecule has 33 heavy (non-hydrogen) atoms. The Balaban J connectivity index is 1.36. The van der Waals surface area contributed by atoms with Crippen molar-refractivity contribution in [3.63, 3.8) is 0 Å². The van der Waals surface area contributed by atoms with Gasteiger partial charge in [-0.2, -0.15) is 4.31 Å². The maximum Gasteiger partial charge on any atom is 0.243 e. The molecule has 0 N–H and O–H groups in total. The van der Waals surface area contributed by atoms with Gasteiger partial charge in [0.2, 0.25) is 10.0 Å². The van der Waals surface area contributed by atoms with E-state index < -0.39 is 10.0 Å². The fourth-order valence-electron chi connectivity index (χ4n) is 3.62. The number of benzene rings is 3. The fraction of sp³-hybridized carbons (Fsp3) is 0.160. The lowest BCUT2D eigenvalue weighted by atomic mass is 10.1. The first-order chi connectivity index (χ1) is 15.8. The van der Waals surface area contributed by atoms with Gasteiger partial charge in [-0.1, -0.05) is 45.7 Å². The number of sulfonamides is 1. The van der Waals surface area contributed by atoms with Crippen LogP contribution in [0.5, 0.6) is 0 Å². The van der Waals surface area contributed by atoms with Crippen LogP contribution >= 0.6 is 27.5 Å². The summed E-state index contributed by atoms with van der Waals surface area (Å²) in [6.07, 6.45) is 3.31. The van der Waals surface area contributed by atoms with Crippen LogP contribution in [0.2, 0.25) is 5.02 Å². The van der Waals surface area contributed by atoms with E-state index in [4.69, 9.17) is 11.6 Å². The Morgan fingerprint density at radius 2 is 1.45 bits per heavy atom. The molecule has 0 spiro atoms. The summed E-state index contributed by atoms with van der Waals surface area (Å²) in [7, 11) is -3.51. The lowest BCUT2D eigenvalue weighted by molar-refractivity contribution is 0.104. The molecule has 170 valence electrons. The van der Waals surface area contributed by atoms with Crippen LogP contribution in [0, 0.1) is 0 Å². The van der Waals surface area contributed by atoms with Crippen LogP contribution in [0.25, 0.3) is 6.08 Å². The predicted molar refractivity (Wildman–Crippen MR) is 136 cm³/mol. The van der Waals surface area contributed by atoms with Crippen molar-refractivity contribution in [2.75, 3.05) is 31.1 Å². The average molecular weight is 546 g/mol. The Hall–Kier alpha value is -2.45. The quantitative estimate of drug-likeness (QED) is 0.303. The Morgan fingerprint density at radius 3 is 2.06 bits per heavy atom. The molecule has 1 aliphatic heterocycles. The summed E-state index contributed by atoms with van der Waals surface area (Å²) in [5.41, 5.74) is 2.47. The van der Waals surface area contributed by atoms with Crippen molar-refractivity contribution >= 4 is 55.1 Å². The molecule has 0 aliphatic carbocycles. The van der Waals surface area contributed by atoms with Crippen molar-refractivity contribution in [1.29, 1.82) is 0 Å². The maximum atomic E-state index is 12.9. The number of nitrogens with zero attached hydrogens (tertiary/aromatic N) is 2. The van der Waals surface area contributed by atoms with Gasteiger partial charge in [-0.3, -0.25) is 4.79 Å². The van der Waals surface area contributed by atoms with E-state index in [1.807, 2.05) is 24.3 Å². The van der Waals surface area contributed by atoms with Crippen molar-refractivity contribution in [2.24, 2.45) is 0 Å². The third-order valence-electron chi connectivity index (χ3n) is 5.50. The zero-order valence-corrected chi connectivity index (χ0v) is 20.9. The monoisotopic (exact) mass is 544 g/mol. The smallest absolute Gasteiger partial charge is 0.243 e. The molecule has 0 atom stereocenters. The van der Waals surface area contributed by atoms with Crippen molar-refractivity contribution in [2.45, 2.75) is 4.90 Å². The minimum atomic E-state index is -3.51. The van der Waals surface area contributed by atoms with Crippen LogP contribution in [-0.4, -0.2) is 44.7 Å². The van der Waals surface area contributed by atoms with E-state index in [0.717, 1.165) is 15.7 Å². The highest BCUT2D eigenvalue weighted by Gasteiger charge is 2.28. The first kappa shape index (κ1) is 23.7. The van der Waals surface area contributed by atoms with E-state index in [9.17, 15) is 13.2 Å². The summed E-state index contributed by atoms with van der Waals surface area (Å²) >= 11 is 9.22. The maximum absolute atomic E-state index is 12.9. The lowest BCUT2D eigenvalue weighted by Crippen LogP contribution is -2.48. The molecule has 1 saturated heterocycles. The number of halogens is 2. The van der Waals surface area contributed by atoms with Gasteiger partial charge in [0.05, 0.1) is 4.90 Å². The molecule has 1 heterocycles. The number of ketones is 1. The summed E-state index contributed by atoms with van der Waals surface area (Å²) in [6.45, 7) is 1.98. The van der Waals surface area contributed by atoms with E-state index in [-0.39, 0.29) is 5.78 Å². The van der Waals surface area contributed by atoms with Crippen LogP contribution in [0.15, 0.2) is 88.2 Å². The van der Waals surface area contributed by atoms with Gasteiger partial charge in [-0.15, -0.1) is 0 Å². The second-order valence-electron chi connectivity index (χ2n) is 7.64. The third kappa shape index (κ3) is 5.73. The van der Waals surface area contributed by atoms with E-state index in [2.05, 4.69) is 20.8 Å². The van der Waals surface area contributed by atoms with Crippen LogP contribution in [0.1, 0.15) is 15.9 Å². The minimum absolute atomic E-state index is 0.0816. The number of carbonyl (C=O) groups excluding carboxylic acids is 1. The van der Waals surface area contributed by atoms with Gasteiger partial charge in [0.25, 0.3) is 0 Å². The SMILES string of the molecule is O=C(C=Cc1ccc(Cl)cc1)c1ccc(N2CCN(S(=O)(=O)c3ccc(Br)cc3)CC2)cc1. The van der Waals surface area contributed by atoms with Crippen LogP contribution in [-0.2, 0) is 10.0 Å². The van der Waals surface area contributed by atoms with Crippen molar-refractivity contribution in [3.8, 4) is 0 Å². The summed E-state index contributed by atoms with van der Waals surface area (Å²) in [5, 5.41) is 0.654. The topological polar surface area (TPSA) is 57.7 Å². The number of carbonyl (C=O) groups is 1. The molecule has 1 aliphatic rings. The van der Waals surface area contributed by atoms with Crippen LogP contribution in [0.3, 0.4) is 0 Å². The van der Waals surface area contributed by atoms with Crippen LogP contribution in [0.4, 0.5) is 5.69 Å². The fourth-order valence-corrected chi connectivity index (χ4v) is 5.43. The minimum Gasteiger partial charge on any atom is -0.369 e. The van der Waals surface area contributed by atoms with E-state index >= 15 is 0 Å². The summed E-state index contributed by atoms with van der Waals surface area (Å²) < 4.78 is 28.1. The molecular weight excluding hydrogens is 524 g/mol. The largest absolute Gasteiger partial charge is 0.369 e. The molecule has 5 nitrogen and oxygen atoms in total. The van der Waals surface area contributed by atoms with Gasteiger partial charge >= 0.3 is 0 Å². The molecular formula is C25H22BrClN2O3S. The number of piperazine rings is 1. The molecule has 0 unspecified atom stereocenters. The second-order valence-corrected chi connectivity index (χ2v) is 10.9. The number of anilines is 1. The highest BCUT2D eigenvalue weighted by Crippen LogP contribution is 2.23. The molecule has 0 amide bonds. The first-order valence-electron chi connectivity index (χ1n) is 10.4. The standard InChI is InChI=1S/C25H22BrClN2O3S/c26-21-6-12-24(13-7-21)33(31,32)29-17-15-28(16-18-29)23-10-4-20(5-11-23)25(30)14-3-19-1-8-22(27)9-2-19/h1-14H,15-18H2. The average Bonchev–Trinajstić information content (AvgIpc) is 2.84. The Morgan fingerprint density at radius 1 is 0.848 bits per heavy atom. The van der Waals surface area contributed by atoms with E-state index in [0.29, 0.717) is 41.7 Å². The Labute approximate surface area is 207 Å². The highest BCUT2D eigenvalue weighted by atomic mass is 79.9. The van der Waals surface area contributed by atoms with E-state index in [1.165, 1.54) is 4.31 Å². The molecule has 0 saturated carbocycles. The summed E-state index contributed by atoms with van der Waals surface area (Å²) in [5.74, 6) is -0.0816. The second kappa shape index (κ2) is 10.2. The Bertz CT molecular complexity index is 1250. The van der Waals surface area contributed by atoms with Crippen molar-refractivity contribution < 1.29 is 13.2 Å². The summed E-state index contributed by atoms with van der Waals surface area (Å²) in [4.78, 5) is 14.9. The van der Waals surface area contributed by atoms with Gasteiger partial charge < -0.3 is 4.90 Å². The first-order valence-corrected chi connectivity index (χ1v) is 13.0. The van der Waals surface area contributed by atoms with Gasteiger partial charge in [0, 0.05) is 46.9 Å². The summed E-state index contributed by atoms with van der Waals surface area (Å²) in [6, 6.07) is 21.4. The highest BCUT2D eigenvalue weighted by molar-refractivity contribution is 9.10. The molecule has 3 aromatic carbocycles. The molecule has 0 bridgehead atoms. The van der Waals surface area contributed by atoms with Gasteiger partial charge in [-0.05, 0) is 72.3 Å². The molecule has 4 rings (SSSR count). The number of allylic oxidation sites excluding steroid dienone is 1. The number of rotatable bonds is 6.